The zero-order chi connectivity index (χ0) is 8.84. The molecule has 0 amide bonds. The molecule has 0 aliphatic heterocycles. The van der Waals surface area contributed by atoms with E-state index >= 15 is 0 Å². The van der Waals surface area contributed by atoms with Crippen LogP contribution in [0, 0.1) is 0 Å². The maximum atomic E-state index is 3.59. The Kier molecular flexibility index (Phi) is 1.74. The zero-order valence-corrected chi connectivity index (χ0v) is 9.49. The number of halogens is 1. The molecule has 3 rings (SSSR count). The van der Waals surface area contributed by atoms with Crippen molar-refractivity contribution in [2.75, 3.05) is 0 Å². The first kappa shape index (κ1) is 8.01. The van der Waals surface area contributed by atoms with Crippen molar-refractivity contribution in [3.8, 4) is 0 Å². The Morgan fingerprint density at radius 2 is 2.15 bits per heavy atom. The molecule has 2 aromatic rings. The molecule has 0 nitrogen and oxygen atoms in total. The number of benzene rings is 1. The quantitative estimate of drug-likeness (QED) is 0.699. The minimum atomic E-state index is 0.864. The summed E-state index contributed by atoms with van der Waals surface area (Å²) in [5.74, 6) is 0.864. The molecule has 1 aromatic heterocycles. The molecule has 13 heavy (non-hydrogen) atoms. The first-order valence-corrected chi connectivity index (χ1v) is 6.19. The molecule has 0 spiro atoms. The fraction of sp³-hybridized carbons (Fsp3) is 0.273. The normalized spacial score (nSPS) is 16.7. The second-order valence-electron chi connectivity index (χ2n) is 3.58. The maximum absolute atomic E-state index is 3.59. The molecule has 1 aliphatic rings. The van der Waals surface area contributed by atoms with Crippen LogP contribution in [-0.2, 0) is 0 Å². The highest BCUT2D eigenvalue weighted by molar-refractivity contribution is 9.10. The van der Waals surface area contributed by atoms with Crippen molar-refractivity contribution < 1.29 is 0 Å². The monoisotopic (exact) mass is 252 g/mol. The molecule has 0 saturated heterocycles. The van der Waals surface area contributed by atoms with E-state index in [1.54, 1.807) is 5.56 Å². The standard InChI is InChI=1S/C11H9BrS/c12-10-3-1-2-8-9(7-4-5-7)6-13-11(8)10/h1-3,6-7H,4-5H2. The van der Waals surface area contributed by atoms with Crippen LogP contribution in [0.4, 0.5) is 0 Å². The molecule has 1 heterocycles. The van der Waals surface area contributed by atoms with Crippen molar-refractivity contribution >= 4 is 37.4 Å². The fourth-order valence-electron chi connectivity index (χ4n) is 1.75. The largest absolute Gasteiger partial charge is 0.142 e. The Bertz CT molecular complexity index is 454. The van der Waals surface area contributed by atoms with Crippen LogP contribution in [0.25, 0.3) is 10.1 Å². The van der Waals surface area contributed by atoms with E-state index in [1.807, 2.05) is 11.3 Å². The van der Waals surface area contributed by atoms with Crippen molar-refractivity contribution in [2.24, 2.45) is 0 Å². The van der Waals surface area contributed by atoms with Crippen LogP contribution >= 0.6 is 27.3 Å². The van der Waals surface area contributed by atoms with Gasteiger partial charge in [-0.3, -0.25) is 0 Å². The van der Waals surface area contributed by atoms with Crippen LogP contribution in [0.1, 0.15) is 24.3 Å². The second-order valence-corrected chi connectivity index (χ2v) is 5.32. The Morgan fingerprint density at radius 3 is 2.92 bits per heavy atom. The van der Waals surface area contributed by atoms with E-state index in [4.69, 9.17) is 0 Å². The Labute approximate surface area is 89.7 Å². The van der Waals surface area contributed by atoms with Gasteiger partial charge in [-0.15, -0.1) is 11.3 Å². The predicted octanol–water partition coefficient (Wildman–Crippen LogP) is 4.54. The van der Waals surface area contributed by atoms with Crippen LogP contribution in [0.3, 0.4) is 0 Å². The number of fused-ring (bicyclic) bond motifs is 1. The summed E-state index contributed by atoms with van der Waals surface area (Å²) >= 11 is 5.45. The minimum Gasteiger partial charge on any atom is -0.142 e. The number of hydrogen-bond acceptors (Lipinski definition) is 1. The van der Waals surface area contributed by atoms with E-state index < -0.39 is 0 Å². The summed E-state index contributed by atoms with van der Waals surface area (Å²) in [6.45, 7) is 0. The molecule has 0 N–H and O–H groups in total. The summed E-state index contributed by atoms with van der Waals surface area (Å²) in [5, 5.41) is 3.79. The van der Waals surface area contributed by atoms with Crippen molar-refractivity contribution in [1.82, 2.24) is 0 Å². The van der Waals surface area contributed by atoms with E-state index in [2.05, 4.69) is 39.5 Å². The minimum absolute atomic E-state index is 0.864. The second kappa shape index (κ2) is 2.82. The molecule has 66 valence electrons. The molecule has 0 unspecified atom stereocenters. The summed E-state index contributed by atoms with van der Waals surface area (Å²) in [6.07, 6.45) is 2.77. The van der Waals surface area contributed by atoms with E-state index in [9.17, 15) is 0 Å². The lowest BCUT2D eigenvalue weighted by Crippen LogP contribution is -1.74. The Hall–Kier alpha value is -0.340. The van der Waals surface area contributed by atoms with Crippen LogP contribution < -0.4 is 0 Å². The van der Waals surface area contributed by atoms with Crippen molar-refractivity contribution in [3.63, 3.8) is 0 Å². The molecular weight excluding hydrogens is 244 g/mol. The van der Waals surface area contributed by atoms with Gasteiger partial charge in [-0.25, -0.2) is 0 Å². The number of thiophene rings is 1. The lowest BCUT2D eigenvalue weighted by atomic mass is 10.1. The zero-order valence-electron chi connectivity index (χ0n) is 7.09. The van der Waals surface area contributed by atoms with Crippen molar-refractivity contribution in [1.29, 1.82) is 0 Å². The molecular formula is C11H9BrS. The van der Waals surface area contributed by atoms with Gasteiger partial charge in [-0.2, -0.15) is 0 Å². The smallest absolute Gasteiger partial charge is 0.0487 e. The van der Waals surface area contributed by atoms with Gasteiger partial charge < -0.3 is 0 Å². The predicted molar refractivity (Wildman–Crippen MR) is 61.5 cm³/mol. The van der Waals surface area contributed by atoms with E-state index in [-0.39, 0.29) is 0 Å². The van der Waals surface area contributed by atoms with Gasteiger partial charge in [0, 0.05) is 9.17 Å². The average Bonchev–Trinajstić information content (AvgIpc) is 2.87. The third kappa shape index (κ3) is 1.24. The summed E-state index contributed by atoms with van der Waals surface area (Å²) in [5.41, 5.74) is 1.57. The van der Waals surface area contributed by atoms with Gasteiger partial charge in [-0.05, 0) is 57.1 Å². The Balaban J connectivity index is 2.32. The van der Waals surface area contributed by atoms with Crippen LogP contribution in [-0.4, -0.2) is 0 Å². The van der Waals surface area contributed by atoms with Crippen LogP contribution in [0.5, 0.6) is 0 Å². The van der Waals surface area contributed by atoms with Gasteiger partial charge in [0.1, 0.15) is 0 Å². The van der Waals surface area contributed by atoms with Gasteiger partial charge in [0.2, 0.25) is 0 Å². The van der Waals surface area contributed by atoms with Gasteiger partial charge in [0.05, 0.1) is 0 Å². The number of hydrogen-bond donors (Lipinski definition) is 0. The van der Waals surface area contributed by atoms with Gasteiger partial charge in [0.15, 0.2) is 0 Å². The van der Waals surface area contributed by atoms with Gasteiger partial charge in [-0.1, -0.05) is 12.1 Å². The third-order valence-corrected chi connectivity index (χ3v) is 4.57. The summed E-state index contributed by atoms with van der Waals surface area (Å²) in [7, 11) is 0. The van der Waals surface area contributed by atoms with Gasteiger partial charge in [0.25, 0.3) is 0 Å². The first-order valence-electron chi connectivity index (χ1n) is 4.52. The topological polar surface area (TPSA) is 0 Å². The number of rotatable bonds is 1. The molecule has 1 fully saturated rings. The van der Waals surface area contributed by atoms with E-state index in [0.29, 0.717) is 0 Å². The van der Waals surface area contributed by atoms with E-state index in [0.717, 1.165) is 5.92 Å². The highest BCUT2D eigenvalue weighted by Crippen LogP contribution is 2.46. The molecule has 2 heteroatoms. The first-order chi connectivity index (χ1) is 6.36. The summed E-state index contributed by atoms with van der Waals surface area (Å²) in [6, 6.07) is 6.49. The van der Waals surface area contributed by atoms with Crippen LogP contribution in [0.2, 0.25) is 0 Å². The van der Waals surface area contributed by atoms with Crippen LogP contribution in [0.15, 0.2) is 28.1 Å². The van der Waals surface area contributed by atoms with Crippen molar-refractivity contribution in [3.05, 3.63) is 33.6 Å². The third-order valence-electron chi connectivity index (χ3n) is 2.60. The van der Waals surface area contributed by atoms with E-state index in [1.165, 1.54) is 27.4 Å². The van der Waals surface area contributed by atoms with Gasteiger partial charge >= 0.3 is 0 Å². The molecule has 0 radical (unpaired) electrons. The molecule has 1 saturated carbocycles. The average molecular weight is 253 g/mol. The van der Waals surface area contributed by atoms with Crippen molar-refractivity contribution in [2.45, 2.75) is 18.8 Å². The lowest BCUT2D eigenvalue weighted by Gasteiger charge is -1.95. The highest BCUT2D eigenvalue weighted by atomic mass is 79.9. The molecule has 0 bridgehead atoms. The molecule has 1 aromatic carbocycles. The highest BCUT2D eigenvalue weighted by Gasteiger charge is 2.26. The maximum Gasteiger partial charge on any atom is 0.0487 e. The summed E-state index contributed by atoms with van der Waals surface area (Å²) in [4.78, 5) is 0. The Morgan fingerprint density at radius 1 is 1.31 bits per heavy atom. The summed E-state index contributed by atoms with van der Waals surface area (Å²) < 4.78 is 2.64. The molecule has 1 aliphatic carbocycles. The SMILES string of the molecule is Brc1cccc2c(C3CC3)csc12. The fourth-order valence-corrected chi connectivity index (χ4v) is 3.46. The molecule has 0 atom stereocenters. The lowest BCUT2D eigenvalue weighted by molar-refractivity contribution is 1.16.